The number of fused-ring (bicyclic) bond motifs is 2. The van der Waals surface area contributed by atoms with Crippen LogP contribution in [0.15, 0.2) is 67.5 Å². The lowest BCUT2D eigenvalue weighted by Gasteiger charge is -2.33. The molecule has 8 nitrogen and oxygen atoms in total. The Morgan fingerprint density at radius 1 is 1.13 bits per heavy atom. The minimum absolute atomic E-state index is 0.160. The smallest absolute Gasteiger partial charge is 0.367 e. The number of halogens is 3. The summed E-state index contributed by atoms with van der Waals surface area (Å²) in [6.45, 7) is 8.76. The number of aryl methyl sites for hydroxylation is 3. The lowest BCUT2D eigenvalue weighted by molar-refractivity contribution is -0.126. The highest BCUT2D eigenvalue weighted by Gasteiger charge is 2.29. The molecule has 1 fully saturated rings. The van der Waals surface area contributed by atoms with Crippen LogP contribution >= 0.6 is 11.3 Å². The second-order valence-corrected chi connectivity index (χ2v) is 13.0. The third-order valence-corrected chi connectivity index (χ3v) is 9.73. The normalized spacial score (nSPS) is 14.4. The van der Waals surface area contributed by atoms with Crippen molar-refractivity contribution in [3.63, 3.8) is 0 Å². The molecule has 2 N–H and O–H groups in total. The number of aromatic nitrogens is 3. The Morgan fingerprint density at radius 3 is 2.60 bits per heavy atom. The number of rotatable bonds is 10. The van der Waals surface area contributed by atoms with Crippen molar-refractivity contribution < 1.29 is 18.0 Å². The number of thiophene rings is 1. The van der Waals surface area contributed by atoms with Crippen LogP contribution in [0.2, 0.25) is 0 Å². The highest BCUT2D eigenvalue weighted by atomic mass is 32.1. The predicted octanol–water partition coefficient (Wildman–Crippen LogP) is 7.37. The number of hydrogen-bond acceptors (Lipinski definition) is 7. The average Bonchev–Trinajstić information content (AvgIpc) is 3.63. The maximum atomic E-state index is 12.9. The number of carbonyl (C=O) groups excluding carboxylic acids is 1. The van der Waals surface area contributed by atoms with E-state index in [1.165, 1.54) is 18.0 Å². The van der Waals surface area contributed by atoms with E-state index >= 15 is 0 Å². The van der Waals surface area contributed by atoms with E-state index in [2.05, 4.69) is 61.8 Å². The van der Waals surface area contributed by atoms with Gasteiger partial charge in [-0.1, -0.05) is 24.8 Å². The molecule has 0 saturated carbocycles. The summed E-state index contributed by atoms with van der Waals surface area (Å²) >= 11 is 1.06. The fourth-order valence-corrected chi connectivity index (χ4v) is 7.22. The van der Waals surface area contributed by atoms with Gasteiger partial charge in [0.15, 0.2) is 0 Å². The van der Waals surface area contributed by atoms with Crippen molar-refractivity contribution >= 4 is 49.9 Å². The van der Waals surface area contributed by atoms with Crippen LogP contribution < -0.4 is 10.6 Å². The minimum Gasteiger partial charge on any atom is -0.367 e. The monoisotopic (exact) mass is 657 g/mol. The molecule has 1 aliphatic heterocycles. The Bertz CT molecular complexity index is 1970. The molecule has 12 heteroatoms. The van der Waals surface area contributed by atoms with E-state index in [1.807, 2.05) is 30.3 Å². The number of carbonyl (C=O) groups is 1. The molecule has 6 rings (SSSR count). The first-order valence-electron chi connectivity index (χ1n) is 15.4. The summed E-state index contributed by atoms with van der Waals surface area (Å²) in [4.78, 5) is 23.3. The minimum atomic E-state index is -4.26. The number of alkyl halides is 3. The fourth-order valence-electron chi connectivity index (χ4n) is 6.19. The van der Waals surface area contributed by atoms with Gasteiger partial charge in [0.1, 0.15) is 28.7 Å². The number of nitriles is 1. The van der Waals surface area contributed by atoms with E-state index in [9.17, 15) is 23.2 Å². The first-order chi connectivity index (χ1) is 22.6. The van der Waals surface area contributed by atoms with E-state index in [0.717, 1.165) is 72.3 Å². The lowest BCUT2D eigenvalue weighted by Crippen LogP contribution is -2.39. The molecule has 5 aromatic rings. The van der Waals surface area contributed by atoms with Crippen molar-refractivity contribution in [3.05, 3.63) is 94.8 Å². The Morgan fingerprint density at radius 2 is 1.89 bits per heavy atom. The van der Waals surface area contributed by atoms with Crippen LogP contribution in [0.1, 0.15) is 40.1 Å². The molecule has 0 bridgehead atoms. The zero-order valence-electron chi connectivity index (χ0n) is 25.9. The molecule has 2 aromatic carbocycles. The number of nitrogens with one attached hydrogen (secondary N) is 2. The fraction of sp³-hybridized carbons (Fsp3) is 0.314. The Labute approximate surface area is 274 Å². The van der Waals surface area contributed by atoms with Gasteiger partial charge in [0, 0.05) is 53.7 Å². The standard InChI is InChI=1S/C35H34F3N7OS/c1-3-32(46)42-25-7-4-23(5-8-25)10-15-45-27(19-39)16-29-22(2)24(6-9-31(29)45)20-44-13-11-26(12-14-44)43-33-30-17-28(18-35(36,37)38)47-34(30)41-21-40-33/h3-9,16-17,21,26H,1,10-15,18,20H2,2H3,(H,42,46)(H,40,41,43). The first-order valence-corrected chi connectivity index (χ1v) is 16.2. The average molecular weight is 658 g/mol. The summed E-state index contributed by atoms with van der Waals surface area (Å²) in [6.07, 6.45) is -0.0962. The van der Waals surface area contributed by atoms with E-state index in [0.29, 0.717) is 34.0 Å². The van der Waals surface area contributed by atoms with E-state index in [-0.39, 0.29) is 16.8 Å². The van der Waals surface area contributed by atoms with Crippen LogP contribution in [-0.2, 0) is 30.7 Å². The third kappa shape index (κ3) is 7.48. The molecule has 4 heterocycles. The van der Waals surface area contributed by atoms with Crippen molar-refractivity contribution in [1.29, 1.82) is 5.26 Å². The number of anilines is 2. The number of benzene rings is 2. The molecule has 0 aliphatic carbocycles. The number of amides is 1. The SMILES string of the molecule is C=CC(=O)Nc1ccc(CCn2c(C#N)cc3c(C)c(CN4CCC(Nc5ncnc6sc(CC(F)(F)F)cc56)CC4)ccc32)cc1. The molecule has 0 radical (unpaired) electrons. The van der Waals surface area contributed by atoms with Crippen LogP contribution in [0.4, 0.5) is 24.7 Å². The van der Waals surface area contributed by atoms with Crippen LogP contribution in [0.3, 0.4) is 0 Å². The van der Waals surface area contributed by atoms with Crippen molar-refractivity contribution in [1.82, 2.24) is 19.4 Å². The number of nitrogens with zero attached hydrogens (tertiary/aromatic N) is 5. The zero-order chi connectivity index (χ0) is 33.1. The second-order valence-electron chi connectivity index (χ2n) is 11.9. The van der Waals surface area contributed by atoms with Gasteiger partial charge < -0.3 is 15.2 Å². The molecule has 242 valence electrons. The van der Waals surface area contributed by atoms with E-state index < -0.39 is 12.6 Å². The molecule has 1 aliphatic rings. The summed E-state index contributed by atoms with van der Waals surface area (Å²) in [5, 5.41) is 17.9. The second kappa shape index (κ2) is 13.6. The van der Waals surface area contributed by atoms with Crippen molar-refractivity contribution in [2.24, 2.45) is 0 Å². The Kier molecular flexibility index (Phi) is 9.29. The van der Waals surface area contributed by atoms with E-state index in [1.54, 1.807) is 6.07 Å². The molecule has 1 saturated heterocycles. The molecule has 0 atom stereocenters. The van der Waals surface area contributed by atoms with Gasteiger partial charge >= 0.3 is 6.18 Å². The van der Waals surface area contributed by atoms with Crippen LogP contribution in [0.25, 0.3) is 21.1 Å². The van der Waals surface area contributed by atoms with Gasteiger partial charge in [-0.3, -0.25) is 9.69 Å². The van der Waals surface area contributed by atoms with Gasteiger partial charge in [-0.15, -0.1) is 11.3 Å². The molecule has 47 heavy (non-hydrogen) atoms. The molecule has 0 spiro atoms. The Hall–Kier alpha value is -4.73. The zero-order valence-corrected chi connectivity index (χ0v) is 26.7. The third-order valence-electron chi connectivity index (χ3n) is 8.69. The summed E-state index contributed by atoms with van der Waals surface area (Å²) in [5.41, 5.74) is 5.84. The maximum absolute atomic E-state index is 12.9. The van der Waals surface area contributed by atoms with Gasteiger partial charge in [0.25, 0.3) is 0 Å². The molecule has 3 aromatic heterocycles. The quantitative estimate of drug-likeness (QED) is 0.152. The van der Waals surface area contributed by atoms with Crippen LogP contribution in [0, 0.1) is 18.3 Å². The molecular weight excluding hydrogens is 623 g/mol. The molecule has 1 amide bonds. The highest BCUT2D eigenvalue weighted by molar-refractivity contribution is 7.18. The van der Waals surface area contributed by atoms with Gasteiger partial charge in [-0.2, -0.15) is 18.4 Å². The van der Waals surface area contributed by atoms with Crippen molar-refractivity contribution in [2.75, 3.05) is 23.7 Å². The first kappa shape index (κ1) is 32.2. The number of hydrogen-bond donors (Lipinski definition) is 2. The number of piperidine rings is 1. The van der Waals surface area contributed by atoms with E-state index in [4.69, 9.17) is 0 Å². The van der Waals surface area contributed by atoms with Crippen LogP contribution in [0.5, 0.6) is 0 Å². The van der Waals surface area contributed by atoms with Crippen molar-refractivity contribution in [3.8, 4) is 6.07 Å². The van der Waals surface area contributed by atoms with Crippen LogP contribution in [-0.4, -0.2) is 50.6 Å². The topological polar surface area (TPSA) is 98.9 Å². The highest BCUT2D eigenvalue weighted by Crippen LogP contribution is 2.33. The van der Waals surface area contributed by atoms with Gasteiger partial charge in [-0.25, -0.2) is 9.97 Å². The van der Waals surface area contributed by atoms with Crippen molar-refractivity contribution in [2.45, 2.75) is 57.9 Å². The Balaban J connectivity index is 1.08. The van der Waals surface area contributed by atoms with Gasteiger partial charge in [0.05, 0.1) is 11.8 Å². The molecule has 0 unspecified atom stereocenters. The van der Waals surface area contributed by atoms with Gasteiger partial charge in [-0.05, 0) is 79.3 Å². The predicted molar refractivity (Wildman–Crippen MR) is 179 cm³/mol. The summed E-state index contributed by atoms with van der Waals surface area (Å²) in [5.74, 6) is 0.336. The summed E-state index contributed by atoms with van der Waals surface area (Å²) in [7, 11) is 0. The maximum Gasteiger partial charge on any atom is 0.393 e. The lowest BCUT2D eigenvalue weighted by atomic mass is 10.0. The summed E-state index contributed by atoms with van der Waals surface area (Å²) in [6, 6.07) is 18.0. The largest absolute Gasteiger partial charge is 0.393 e. The van der Waals surface area contributed by atoms with Gasteiger partial charge in [0.2, 0.25) is 5.91 Å². The number of likely N-dealkylation sites (tertiary alicyclic amines) is 1. The summed E-state index contributed by atoms with van der Waals surface area (Å²) < 4.78 is 40.9. The molecular formula is C35H34F3N7OS.